The summed E-state index contributed by atoms with van der Waals surface area (Å²) >= 11 is 0. The molecule has 0 spiro atoms. The number of ketones is 1. The Hall–Kier alpha value is -4.73. The summed E-state index contributed by atoms with van der Waals surface area (Å²) in [6.07, 6.45) is 5.47. The van der Waals surface area contributed by atoms with E-state index in [1.807, 2.05) is 17.9 Å². The second kappa shape index (κ2) is 9.87. The Morgan fingerprint density at radius 3 is 2.75 bits per heavy atom. The smallest absolute Gasteiger partial charge is 0.323 e. The van der Waals surface area contributed by atoms with E-state index in [4.69, 9.17) is 4.74 Å². The van der Waals surface area contributed by atoms with E-state index in [-0.39, 0.29) is 11.5 Å². The van der Waals surface area contributed by atoms with Crippen molar-refractivity contribution in [3.63, 3.8) is 0 Å². The number of rotatable bonds is 6. The first-order chi connectivity index (χ1) is 17.4. The Balaban J connectivity index is 1.28. The molecule has 2 aromatic carbocycles. The van der Waals surface area contributed by atoms with E-state index in [1.165, 1.54) is 18.2 Å². The molecule has 0 atom stereocenters. The zero-order chi connectivity index (χ0) is 25.1. The van der Waals surface area contributed by atoms with Gasteiger partial charge >= 0.3 is 6.03 Å². The maximum Gasteiger partial charge on any atom is 0.323 e. The highest BCUT2D eigenvalue weighted by Crippen LogP contribution is 2.29. The third-order valence-corrected chi connectivity index (χ3v) is 5.66. The zero-order valence-electron chi connectivity index (χ0n) is 19.4. The monoisotopic (exact) mass is 486 g/mol. The van der Waals surface area contributed by atoms with Gasteiger partial charge in [0.1, 0.15) is 17.3 Å². The first-order valence-corrected chi connectivity index (χ1v) is 11.3. The number of urea groups is 1. The van der Waals surface area contributed by atoms with Gasteiger partial charge in [0.2, 0.25) is 0 Å². The van der Waals surface area contributed by atoms with E-state index in [0.29, 0.717) is 42.4 Å². The summed E-state index contributed by atoms with van der Waals surface area (Å²) in [5, 5.41) is 11.9. The van der Waals surface area contributed by atoms with E-state index in [0.717, 1.165) is 16.8 Å². The number of aryl methyl sites for hydroxylation is 1. The third-order valence-electron chi connectivity index (χ3n) is 5.66. The molecule has 3 heterocycles. The second-order valence-electron chi connectivity index (χ2n) is 8.45. The van der Waals surface area contributed by atoms with Gasteiger partial charge in [-0.05, 0) is 48.9 Å². The number of nitrogens with one attached hydrogen (secondary N) is 3. The molecular weight excluding hydrogens is 463 g/mol. The number of aromatic nitrogens is 3. The number of ether oxygens (including phenoxy) is 1. The number of hydrogen-bond acceptors (Lipinski definition) is 6. The van der Waals surface area contributed by atoms with Crippen LogP contribution in [0.1, 0.15) is 12.0 Å². The molecule has 0 unspecified atom stereocenters. The van der Waals surface area contributed by atoms with Gasteiger partial charge in [-0.3, -0.25) is 14.9 Å². The molecule has 3 N–H and O–H groups in total. The number of benzene rings is 2. The number of pyridine rings is 1. The third kappa shape index (κ3) is 5.33. The number of carbonyl (C=O) groups excluding carboxylic acids is 2. The molecule has 9 nitrogen and oxygen atoms in total. The van der Waals surface area contributed by atoms with Crippen LogP contribution in [0.15, 0.2) is 67.1 Å². The van der Waals surface area contributed by atoms with Gasteiger partial charge in [0.15, 0.2) is 5.78 Å². The van der Waals surface area contributed by atoms with E-state index in [2.05, 4.69) is 25.8 Å². The molecule has 0 aliphatic carbocycles. The average molecular weight is 487 g/mol. The molecule has 5 rings (SSSR count). The predicted octanol–water partition coefficient (Wildman–Crippen LogP) is 5.13. The Morgan fingerprint density at radius 1 is 1.11 bits per heavy atom. The van der Waals surface area contributed by atoms with Crippen molar-refractivity contribution in [3.8, 4) is 22.8 Å². The molecule has 36 heavy (non-hydrogen) atoms. The van der Waals surface area contributed by atoms with Gasteiger partial charge < -0.3 is 20.3 Å². The van der Waals surface area contributed by atoms with Crippen molar-refractivity contribution >= 4 is 28.9 Å². The van der Waals surface area contributed by atoms with Crippen LogP contribution in [-0.2, 0) is 4.79 Å². The summed E-state index contributed by atoms with van der Waals surface area (Å²) in [7, 11) is 0. The van der Waals surface area contributed by atoms with Crippen molar-refractivity contribution < 1.29 is 18.7 Å². The van der Waals surface area contributed by atoms with Crippen LogP contribution in [0.5, 0.6) is 11.5 Å². The van der Waals surface area contributed by atoms with Crippen LogP contribution in [0, 0.1) is 12.7 Å². The molecule has 1 saturated heterocycles. The van der Waals surface area contributed by atoms with Crippen molar-refractivity contribution in [3.05, 3.63) is 78.5 Å². The van der Waals surface area contributed by atoms with E-state index >= 15 is 0 Å². The number of H-pyrrole nitrogens is 1. The average Bonchev–Trinajstić information content (AvgIpc) is 3.53. The Bertz CT molecular complexity index is 1420. The Morgan fingerprint density at radius 2 is 1.97 bits per heavy atom. The highest BCUT2D eigenvalue weighted by Gasteiger charge is 2.20. The topological polar surface area (TPSA) is 112 Å². The Labute approximate surface area is 206 Å². The van der Waals surface area contributed by atoms with Gasteiger partial charge in [0.25, 0.3) is 0 Å². The van der Waals surface area contributed by atoms with Crippen molar-refractivity contribution in [2.24, 2.45) is 0 Å². The van der Waals surface area contributed by atoms with Crippen molar-refractivity contribution in [1.82, 2.24) is 15.2 Å². The number of amides is 2. The number of aromatic amines is 1. The fraction of sp³-hybridized carbons (Fsp3) is 0.154. The summed E-state index contributed by atoms with van der Waals surface area (Å²) in [5.41, 5.74) is 3.75. The minimum atomic E-state index is -0.605. The zero-order valence-corrected chi connectivity index (χ0v) is 19.4. The molecule has 1 aliphatic heterocycles. The molecule has 1 fully saturated rings. The van der Waals surface area contributed by atoms with Gasteiger partial charge in [-0.1, -0.05) is 0 Å². The Kier molecular flexibility index (Phi) is 6.31. The lowest BCUT2D eigenvalue weighted by atomic mass is 10.2. The van der Waals surface area contributed by atoms with Crippen LogP contribution in [0.4, 0.5) is 26.2 Å². The second-order valence-corrected chi connectivity index (χ2v) is 8.45. The fourth-order valence-electron chi connectivity index (χ4n) is 3.98. The van der Waals surface area contributed by atoms with E-state index in [9.17, 15) is 14.0 Å². The molecule has 0 saturated carbocycles. The van der Waals surface area contributed by atoms with Crippen molar-refractivity contribution in [1.29, 1.82) is 0 Å². The minimum absolute atomic E-state index is 0.0351. The number of Topliss-reactive ketones (excluding diaryl/α,β-unsaturated/α-hetero) is 1. The predicted molar refractivity (Wildman–Crippen MR) is 134 cm³/mol. The lowest BCUT2D eigenvalue weighted by Crippen LogP contribution is -2.22. The van der Waals surface area contributed by atoms with Gasteiger partial charge in [-0.25, -0.2) is 9.18 Å². The van der Waals surface area contributed by atoms with Crippen LogP contribution in [0.3, 0.4) is 0 Å². The highest BCUT2D eigenvalue weighted by atomic mass is 19.1. The first-order valence-electron chi connectivity index (χ1n) is 11.3. The van der Waals surface area contributed by atoms with Crippen molar-refractivity contribution in [2.75, 3.05) is 28.6 Å². The molecule has 2 amide bonds. The van der Waals surface area contributed by atoms with Gasteiger partial charge in [-0.2, -0.15) is 5.10 Å². The number of carbonyl (C=O) groups is 2. The van der Waals surface area contributed by atoms with Crippen LogP contribution >= 0.6 is 0 Å². The van der Waals surface area contributed by atoms with Gasteiger partial charge in [0.05, 0.1) is 24.1 Å². The van der Waals surface area contributed by atoms with E-state index < -0.39 is 11.8 Å². The van der Waals surface area contributed by atoms with Crippen molar-refractivity contribution in [2.45, 2.75) is 13.3 Å². The fourth-order valence-corrected chi connectivity index (χ4v) is 3.98. The summed E-state index contributed by atoms with van der Waals surface area (Å²) in [6.45, 7) is 2.91. The lowest BCUT2D eigenvalue weighted by Gasteiger charge is -2.19. The number of hydrogen-bond donors (Lipinski definition) is 3. The summed E-state index contributed by atoms with van der Waals surface area (Å²) in [5.74, 6) is 0.418. The highest BCUT2D eigenvalue weighted by molar-refractivity contribution is 6.00. The van der Waals surface area contributed by atoms with Crippen LogP contribution in [0.2, 0.25) is 0 Å². The molecule has 182 valence electrons. The summed E-state index contributed by atoms with van der Waals surface area (Å²) in [4.78, 5) is 30.6. The summed E-state index contributed by atoms with van der Waals surface area (Å²) < 4.78 is 20.3. The minimum Gasteiger partial charge on any atom is -0.457 e. The number of halogens is 1. The maximum absolute atomic E-state index is 14.5. The normalized spacial score (nSPS) is 13.1. The molecular formula is C26H23FN6O3. The first kappa shape index (κ1) is 23.0. The molecule has 1 aliphatic rings. The van der Waals surface area contributed by atoms with Crippen LogP contribution in [-0.4, -0.2) is 40.1 Å². The molecule has 0 radical (unpaired) electrons. The molecule has 2 aromatic heterocycles. The lowest BCUT2D eigenvalue weighted by molar-refractivity contribution is -0.116. The van der Waals surface area contributed by atoms with Gasteiger partial charge in [0, 0.05) is 54.4 Å². The SMILES string of the molecule is Cc1cc(NC(=O)Nc2cc(Oc3ccnc(-c4cn[nH]c4)c3)ccc2F)cc(N2CCC(=O)C2)c1. The number of anilines is 3. The quantitative estimate of drug-likeness (QED) is 0.348. The maximum atomic E-state index is 14.5. The molecule has 0 bridgehead atoms. The van der Waals surface area contributed by atoms with Gasteiger partial charge in [-0.15, -0.1) is 0 Å². The van der Waals surface area contributed by atoms with Crippen LogP contribution < -0.4 is 20.3 Å². The van der Waals surface area contributed by atoms with E-state index in [1.54, 1.807) is 42.9 Å². The number of nitrogens with zero attached hydrogens (tertiary/aromatic N) is 3. The molecule has 10 heteroatoms. The standard InChI is InChI=1S/C26H23FN6O3/c1-16-8-18(10-19(9-16)33-7-5-20(34)15-33)31-26(35)32-25-12-21(2-3-23(25)27)36-22-4-6-28-24(11-22)17-13-29-30-14-17/h2-4,6,8-14H,5,7,15H2,1H3,(H,29,30)(H2,31,32,35). The molecule has 4 aromatic rings. The van der Waals surface area contributed by atoms with Crippen LogP contribution in [0.25, 0.3) is 11.3 Å². The summed E-state index contributed by atoms with van der Waals surface area (Å²) in [6, 6.07) is 12.5. The largest absolute Gasteiger partial charge is 0.457 e.